The molecule has 0 heteroatoms. The van der Waals surface area contributed by atoms with Crippen LogP contribution in [0.5, 0.6) is 0 Å². The van der Waals surface area contributed by atoms with E-state index in [-0.39, 0.29) is 0 Å². The summed E-state index contributed by atoms with van der Waals surface area (Å²) in [6.07, 6.45) is 3.41. The fourth-order valence-corrected chi connectivity index (χ4v) is 1.87. The zero-order chi connectivity index (χ0) is 12.1. The molecule has 0 radical (unpaired) electrons. The highest BCUT2D eigenvalue weighted by molar-refractivity contribution is 5.84. The van der Waals surface area contributed by atoms with Gasteiger partial charge in [-0.05, 0) is 36.2 Å². The molecule has 0 heterocycles. The van der Waals surface area contributed by atoms with Crippen LogP contribution in [0.15, 0.2) is 36.4 Å². The van der Waals surface area contributed by atoms with Crippen molar-refractivity contribution in [3.63, 3.8) is 0 Å². The zero-order valence-electron chi connectivity index (χ0n) is 10.6. The van der Waals surface area contributed by atoms with Crippen molar-refractivity contribution in [1.29, 1.82) is 0 Å². The van der Waals surface area contributed by atoms with Crippen molar-refractivity contribution in [2.45, 2.75) is 33.1 Å². The van der Waals surface area contributed by atoms with Crippen LogP contribution in [0.4, 0.5) is 0 Å². The molecule has 0 atom stereocenters. The van der Waals surface area contributed by atoms with E-state index < -0.39 is 0 Å². The maximum absolute atomic E-state index is 3.24. The highest BCUT2D eigenvalue weighted by atomic mass is 14.0. The first-order valence-electron chi connectivity index (χ1n) is 6.29. The summed E-state index contributed by atoms with van der Waals surface area (Å²) in [6, 6.07) is 13.0. The van der Waals surface area contributed by atoms with Gasteiger partial charge in [-0.25, -0.2) is 0 Å². The average molecular weight is 222 g/mol. The summed E-state index contributed by atoms with van der Waals surface area (Å²) in [5, 5.41) is 2.57. The number of rotatable bonds is 2. The van der Waals surface area contributed by atoms with E-state index in [2.05, 4.69) is 62.1 Å². The second kappa shape index (κ2) is 5.55. The monoisotopic (exact) mass is 222 g/mol. The second-order valence-electron chi connectivity index (χ2n) is 4.47. The van der Waals surface area contributed by atoms with Crippen LogP contribution in [0.25, 0.3) is 10.8 Å². The molecule has 17 heavy (non-hydrogen) atoms. The van der Waals surface area contributed by atoms with Gasteiger partial charge in [0.1, 0.15) is 0 Å². The molecule has 0 aromatic heterocycles. The van der Waals surface area contributed by atoms with E-state index in [4.69, 9.17) is 0 Å². The molecule has 0 saturated heterocycles. The van der Waals surface area contributed by atoms with Gasteiger partial charge in [0, 0.05) is 12.0 Å². The molecule has 86 valence electrons. The first-order valence-corrected chi connectivity index (χ1v) is 6.29. The van der Waals surface area contributed by atoms with Crippen molar-refractivity contribution in [1.82, 2.24) is 0 Å². The SMILES string of the molecule is CCCCC#Cc1ccc2cc(C)ccc2c1. The molecule has 0 nitrogen and oxygen atoms in total. The lowest BCUT2D eigenvalue weighted by atomic mass is 10.0. The normalized spacial score (nSPS) is 10.0. The Labute approximate surface area is 104 Å². The predicted molar refractivity (Wildman–Crippen MR) is 75.1 cm³/mol. The molecular weight excluding hydrogens is 204 g/mol. The van der Waals surface area contributed by atoms with Crippen LogP contribution < -0.4 is 0 Å². The van der Waals surface area contributed by atoms with Gasteiger partial charge in [-0.3, -0.25) is 0 Å². The van der Waals surface area contributed by atoms with Crippen LogP contribution in [-0.2, 0) is 0 Å². The molecule has 2 aromatic rings. The maximum atomic E-state index is 3.24. The predicted octanol–water partition coefficient (Wildman–Crippen LogP) is 4.69. The van der Waals surface area contributed by atoms with Gasteiger partial charge in [-0.15, -0.1) is 0 Å². The third-order valence-electron chi connectivity index (χ3n) is 2.88. The van der Waals surface area contributed by atoms with Crippen LogP contribution in [0, 0.1) is 18.8 Å². The Bertz CT molecular complexity index is 567. The Morgan fingerprint density at radius 3 is 2.59 bits per heavy atom. The lowest BCUT2D eigenvalue weighted by Gasteiger charge is -2.00. The minimum absolute atomic E-state index is 1.00. The topological polar surface area (TPSA) is 0 Å². The average Bonchev–Trinajstić information content (AvgIpc) is 2.35. The van der Waals surface area contributed by atoms with E-state index in [1.165, 1.54) is 29.2 Å². The number of unbranched alkanes of at least 4 members (excludes halogenated alkanes) is 2. The summed E-state index contributed by atoms with van der Waals surface area (Å²) in [6.45, 7) is 4.32. The lowest BCUT2D eigenvalue weighted by Crippen LogP contribution is -1.79. The third kappa shape index (κ3) is 3.11. The number of fused-ring (bicyclic) bond motifs is 1. The van der Waals surface area contributed by atoms with Gasteiger partial charge in [0.05, 0.1) is 0 Å². The third-order valence-corrected chi connectivity index (χ3v) is 2.88. The fourth-order valence-electron chi connectivity index (χ4n) is 1.87. The van der Waals surface area contributed by atoms with Gasteiger partial charge in [0.2, 0.25) is 0 Å². The molecule has 0 aliphatic heterocycles. The number of hydrogen-bond acceptors (Lipinski definition) is 0. The van der Waals surface area contributed by atoms with Crippen LogP contribution in [-0.4, -0.2) is 0 Å². The van der Waals surface area contributed by atoms with Crippen molar-refractivity contribution in [2.24, 2.45) is 0 Å². The minimum atomic E-state index is 1.00. The largest absolute Gasteiger partial charge is 0.0979 e. The lowest BCUT2D eigenvalue weighted by molar-refractivity contribution is 0.828. The molecule has 0 N–H and O–H groups in total. The maximum Gasteiger partial charge on any atom is 0.0251 e. The van der Waals surface area contributed by atoms with Gasteiger partial charge in [0.15, 0.2) is 0 Å². The Morgan fingerprint density at radius 2 is 1.76 bits per heavy atom. The Balaban J connectivity index is 2.25. The number of benzene rings is 2. The molecular formula is C17H18. The molecule has 0 bridgehead atoms. The molecule has 0 fully saturated rings. The summed E-state index contributed by atoms with van der Waals surface area (Å²) < 4.78 is 0. The smallest absolute Gasteiger partial charge is 0.0251 e. The van der Waals surface area contributed by atoms with Crippen molar-refractivity contribution < 1.29 is 0 Å². The molecule has 2 rings (SSSR count). The van der Waals surface area contributed by atoms with E-state index in [9.17, 15) is 0 Å². The quantitative estimate of drug-likeness (QED) is 0.511. The Hall–Kier alpha value is -1.74. The van der Waals surface area contributed by atoms with Crippen LogP contribution in [0.3, 0.4) is 0 Å². The van der Waals surface area contributed by atoms with Crippen molar-refractivity contribution in [3.05, 3.63) is 47.5 Å². The molecule has 2 aromatic carbocycles. The summed E-state index contributed by atoms with van der Waals surface area (Å²) >= 11 is 0. The van der Waals surface area contributed by atoms with Gasteiger partial charge in [-0.1, -0.05) is 55.0 Å². The van der Waals surface area contributed by atoms with E-state index in [1.54, 1.807) is 0 Å². The zero-order valence-corrected chi connectivity index (χ0v) is 10.6. The molecule has 0 unspecified atom stereocenters. The Kier molecular flexibility index (Phi) is 3.83. The first-order chi connectivity index (χ1) is 8.29. The van der Waals surface area contributed by atoms with Crippen LogP contribution in [0.2, 0.25) is 0 Å². The summed E-state index contributed by atoms with van der Waals surface area (Å²) in [7, 11) is 0. The molecule has 0 amide bonds. The van der Waals surface area contributed by atoms with E-state index in [0.29, 0.717) is 0 Å². The Morgan fingerprint density at radius 1 is 1.00 bits per heavy atom. The summed E-state index contributed by atoms with van der Waals surface area (Å²) in [5.41, 5.74) is 2.43. The van der Waals surface area contributed by atoms with Crippen LogP contribution >= 0.6 is 0 Å². The van der Waals surface area contributed by atoms with Crippen molar-refractivity contribution >= 4 is 10.8 Å². The molecule has 0 aliphatic carbocycles. The van der Waals surface area contributed by atoms with Crippen LogP contribution in [0.1, 0.15) is 37.3 Å². The van der Waals surface area contributed by atoms with E-state index >= 15 is 0 Å². The number of hydrogen-bond donors (Lipinski definition) is 0. The van der Waals surface area contributed by atoms with Gasteiger partial charge in [0.25, 0.3) is 0 Å². The second-order valence-corrected chi connectivity index (χ2v) is 4.47. The summed E-state index contributed by atoms with van der Waals surface area (Å²) in [5.74, 6) is 6.46. The summed E-state index contributed by atoms with van der Waals surface area (Å²) in [4.78, 5) is 0. The van der Waals surface area contributed by atoms with Gasteiger partial charge in [-0.2, -0.15) is 0 Å². The molecule has 0 saturated carbocycles. The highest BCUT2D eigenvalue weighted by Gasteiger charge is 1.94. The molecule has 0 spiro atoms. The minimum Gasteiger partial charge on any atom is -0.0979 e. The highest BCUT2D eigenvalue weighted by Crippen LogP contribution is 2.17. The van der Waals surface area contributed by atoms with E-state index in [0.717, 1.165) is 12.0 Å². The van der Waals surface area contributed by atoms with Crippen molar-refractivity contribution in [2.75, 3.05) is 0 Å². The van der Waals surface area contributed by atoms with Gasteiger partial charge < -0.3 is 0 Å². The first kappa shape index (κ1) is 11.7. The standard InChI is InChI=1S/C17H18/c1-3-4-5-6-7-15-9-11-16-12-14(2)8-10-17(16)13-15/h8-13H,3-5H2,1-2H3. The number of aryl methyl sites for hydroxylation is 1. The van der Waals surface area contributed by atoms with Gasteiger partial charge >= 0.3 is 0 Å². The van der Waals surface area contributed by atoms with E-state index in [1.807, 2.05) is 0 Å². The van der Waals surface area contributed by atoms with Crippen molar-refractivity contribution in [3.8, 4) is 11.8 Å². The fraction of sp³-hybridized carbons (Fsp3) is 0.294. The molecule has 0 aliphatic rings.